The minimum Gasteiger partial charge on any atom is -0.494 e. The van der Waals surface area contributed by atoms with Gasteiger partial charge in [0, 0.05) is 13.0 Å². The van der Waals surface area contributed by atoms with Gasteiger partial charge in [0.05, 0.1) is 27.8 Å². The van der Waals surface area contributed by atoms with Gasteiger partial charge in [-0.15, -0.1) is 0 Å². The number of nitrogens with zero attached hydrogens (tertiary/aromatic N) is 2. The zero-order chi connectivity index (χ0) is 26.0. The van der Waals surface area contributed by atoms with Crippen molar-refractivity contribution in [3.63, 3.8) is 0 Å². The van der Waals surface area contributed by atoms with Gasteiger partial charge in [-0.05, 0) is 72.9 Å². The van der Waals surface area contributed by atoms with Gasteiger partial charge in [0.25, 0.3) is 0 Å². The number of benzene rings is 3. The number of hydrogen-bond acceptors (Lipinski definition) is 6. The molecule has 0 fully saturated rings. The fourth-order valence-electron chi connectivity index (χ4n) is 4.73. The van der Waals surface area contributed by atoms with Gasteiger partial charge in [-0.2, -0.15) is 4.31 Å². The van der Waals surface area contributed by atoms with Crippen LogP contribution in [0, 0.1) is 0 Å². The molecular formula is C28H29N3O4S2. The molecule has 1 unspecified atom stereocenters. The van der Waals surface area contributed by atoms with Crippen LogP contribution in [0.2, 0.25) is 0 Å². The first-order valence-electron chi connectivity index (χ1n) is 12.4. The Hall–Kier alpha value is -3.27. The first-order valence-corrected chi connectivity index (χ1v) is 14.7. The summed E-state index contributed by atoms with van der Waals surface area (Å²) in [4.78, 5) is 18.0. The Balaban J connectivity index is 1.42. The molecule has 2 heterocycles. The molecule has 7 nitrogen and oxygen atoms in total. The maximum absolute atomic E-state index is 13.7. The molecule has 9 heteroatoms. The van der Waals surface area contributed by atoms with Crippen molar-refractivity contribution in [1.82, 2.24) is 9.29 Å². The van der Waals surface area contributed by atoms with Crippen LogP contribution in [0.5, 0.6) is 5.75 Å². The van der Waals surface area contributed by atoms with Crippen LogP contribution < -0.4 is 10.1 Å². The maximum Gasteiger partial charge on any atom is 0.243 e. The molecule has 0 saturated heterocycles. The third-order valence-electron chi connectivity index (χ3n) is 6.59. The summed E-state index contributed by atoms with van der Waals surface area (Å²) in [6.07, 6.45) is 1.50. The third kappa shape index (κ3) is 5.25. The Morgan fingerprint density at radius 3 is 2.65 bits per heavy atom. The summed E-state index contributed by atoms with van der Waals surface area (Å²) in [5.41, 5.74) is 3.96. The highest BCUT2D eigenvalue weighted by Crippen LogP contribution is 2.37. The van der Waals surface area contributed by atoms with E-state index in [1.54, 1.807) is 24.3 Å². The Bertz CT molecular complexity index is 1530. The van der Waals surface area contributed by atoms with E-state index >= 15 is 0 Å². The predicted octanol–water partition coefficient (Wildman–Crippen LogP) is 5.57. The van der Waals surface area contributed by atoms with Gasteiger partial charge in [-0.3, -0.25) is 4.79 Å². The number of aryl methyl sites for hydroxylation is 1. The van der Waals surface area contributed by atoms with E-state index in [0.717, 1.165) is 27.8 Å². The van der Waals surface area contributed by atoms with Crippen molar-refractivity contribution in [3.8, 4) is 5.75 Å². The zero-order valence-corrected chi connectivity index (χ0v) is 22.4. The van der Waals surface area contributed by atoms with Crippen LogP contribution in [-0.4, -0.2) is 36.8 Å². The van der Waals surface area contributed by atoms with E-state index in [4.69, 9.17) is 4.74 Å². The van der Waals surface area contributed by atoms with E-state index in [-0.39, 0.29) is 17.2 Å². The Morgan fingerprint density at radius 2 is 1.89 bits per heavy atom. The molecular weight excluding hydrogens is 506 g/mol. The Kier molecular flexibility index (Phi) is 7.28. The number of rotatable bonds is 8. The first kappa shape index (κ1) is 25.4. The molecule has 1 aliphatic rings. The van der Waals surface area contributed by atoms with E-state index in [9.17, 15) is 13.2 Å². The summed E-state index contributed by atoms with van der Waals surface area (Å²) in [5, 5.41) is 3.42. The summed E-state index contributed by atoms with van der Waals surface area (Å²) in [5.74, 6) is 0.339. The summed E-state index contributed by atoms with van der Waals surface area (Å²) in [6, 6.07) is 19.6. The van der Waals surface area contributed by atoms with Crippen LogP contribution in [0.15, 0.2) is 71.6 Å². The molecule has 5 rings (SSSR count). The molecule has 1 N–H and O–H groups in total. The molecule has 0 spiro atoms. The van der Waals surface area contributed by atoms with Crippen LogP contribution in [0.4, 0.5) is 5.13 Å². The van der Waals surface area contributed by atoms with Crippen molar-refractivity contribution in [1.29, 1.82) is 0 Å². The quantitative estimate of drug-likeness (QED) is 0.318. The van der Waals surface area contributed by atoms with Crippen molar-refractivity contribution < 1.29 is 17.9 Å². The van der Waals surface area contributed by atoms with Gasteiger partial charge in [0.15, 0.2) is 5.13 Å². The molecule has 3 aromatic carbocycles. The number of anilines is 1. The topological polar surface area (TPSA) is 88.6 Å². The van der Waals surface area contributed by atoms with Crippen LogP contribution in [0.3, 0.4) is 0 Å². The highest BCUT2D eigenvalue weighted by atomic mass is 32.2. The number of nitrogens with one attached hydrogen (secondary N) is 1. The number of carbonyl (C=O) groups excluding carboxylic acids is 1. The second-order valence-electron chi connectivity index (χ2n) is 8.91. The van der Waals surface area contributed by atoms with Crippen LogP contribution in [0.25, 0.3) is 10.2 Å². The monoisotopic (exact) mass is 535 g/mol. The Morgan fingerprint density at radius 1 is 1.11 bits per heavy atom. The van der Waals surface area contributed by atoms with Crippen molar-refractivity contribution >= 4 is 42.6 Å². The van der Waals surface area contributed by atoms with Crippen molar-refractivity contribution in [2.45, 2.75) is 44.0 Å². The normalized spacial score (nSPS) is 15.9. The smallest absolute Gasteiger partial charge is 0.243 e. The van der Waals surface area contributed by atoms with E-state index in [1.165, 1.54) is 21.2 Å². The lowest BCUT2D eigenvalue weighted by Crippen LogP contribution is -2.41. The zero-order valence-electron chi connectivity index (χ0n) is 20.8. The standard InChI is InChI=1S/C28H29N3O4S2/c1-3-19-9-14-24-26(17-19)36-28(29-24)30-27(32)18-25-23-8-6-5-7-20(23)15-16-31(25)37(33,34)22-12-10-21(11-13-22)35-4-2/h5-14,17,25H,3-4,15-16,18H2,1-2H3,(H,29,30,32). The molecule has 4 aromatic rings. The van der Waals surface area contributed by atoms with Gasteiger partial charge >= 0.3 is 0 Å². The van der Waals surface area contributed by atoms with Gasteiger partial charge in [0.2, 0.25) is 15.9 Å². The molecule has 1 atom stereocenters. The van der Waals surface area contributed by atoms with Crippen LogP contribution in [-0.2, 0) is 27.7 Å². The number of aromatic nitrogens is 1. The summed E-state index contributed by atoms with van der Waals surface area (Å²) >= 11 is 1.42. The average molecular weight is 536 g/mol. The fraction of sp³-hybridized carbons (Fsp3) is 0.286. The third-order valence-corrected chi connectivity index (χ3v) is 9.45. The van der Waals surface area contributed by atoms with Crippen LogP contribution >= 0.6 is 11.3 Å². The molecule has 1 aromatic heterocycles. The number of fused-ring (bicyclic) bond motifs is 2. The fourth-order valence-corrected chi connectivity index (χ4v) is 7.28. The summed E-state index contributed by atoms with van der Waals surface area (Å²) < 4.78 is 35.4. The molecule has 0 saturated carbocycles. The SMILES string of the molecule is CCOc1ccc(S(=O)(=O)N2CCc3ccccc3C2CC(=O)Nc2nc3ccc(CC)cc3s2)cc1. The summed E-state index contributed by atoms with van der Waals surface area (Å²) in [7, 11) is -3.85. The number of thiazole rings is 1. The second-order valence-corrected chi connectivity index (χ2v) is 11.8. The molecule has 0 aliphatic carbocycles. The average Bonchev–Trinajstić information content (AvgIpc) is 3.30. The highest BCUT2D eigenvalue weighted by Gasteiger charge is 2.37. The van der Waals surface area contributed by atoms with Gasteiger partial charge < -0.3 is 10.1 Å². The van der Waals surface area contributed by atoms with E-state index < -0.39 is 16.1 Å². The van der Waals surface area contributed by atoms with E-state index in [2.05, 4.69) is 23.3 Å². The second kappa shape index (κ2) is 10.6. The molecule has 37 heavy (non-hydrogen) atoms. The van der Waals surface area contributed by atoms with Crippen molar-refractivity contribution in [2.75, 3.05) is 18.5 Å². The minimum absolute atomic E-state index is 0.0105. The number of amides is 1. The lowest BCUT2D eigenvalue weighted by atomic mass is 9.92. The Labute approximate surface area is 221 Å². The molecule has 0 radical (unpaired) electrons. The van der Waals surface area contributed by atoms with Crippen molar-refractivity contribution in [3.05, 3.63) is 83.4 Å². The number of carbonyl (C=O) groups is 1. The maximum atomic E-state index is 13.7. The molecule has 1 amide bonds. The lowest BCUT2D eigenvalue weighted by Gasteiger charge is -2.36. The number of hydrogen-bond donors (Lipinski definition) is 1. The van der Waals surface area contributed by atoms with E-state index in [1.807, 2.05) is 43.3 Å². The highest BCUT2D eigenvalue weighted by molar-refractivity contribution is 7.89. The van der Waals surface area contributed by atoms with Gasteiger partial charge in [0.1, 0.15) is 5.75 Å². The first-order chi connectivity index (χ1) is 17.9. The molecule has 192 valence electrons. The van der Waals surface area contributed by atoms with Gasteiger partial charge in [-0.25, -0.2) is 13.4 Å². The van der Waals surface area contributed by atoms with Crippen molar-refractivity contribution in [2.24, 2.45) is 0 Å². The largest absolute Gasteiger partial charge is 0.494 e. The molecule has 0 bridgehead atoms. The number of ether oxygens (including phenoxy) is 1. The molecule has 1 aliphatic heterocycles. The minimum atomic E-state index is -3.85. The van der Waals surface area contributed by atoms with E-state index in [0.29, 0.717) is 30.5 Å². The lowest BCUT2D eigenvalue weighted by molar-refractivity contribution is -0.117. The van der Waals surface area contributed by atoms with Gasteiger partial charge in [-0.1, -0.05) is 48.6 Å². The summed E-state index contributed by atoms with van der Waals surface area (Å²) in [6.45, 7) is 4.77. The number of sulfonamides is 1. The predicted molar refractivity (Wildman–Crippen MR) is 147 cm³/mol. The van der Waals surface area contributed by atoms with Crippen LogP contribution in [0.1, 0.15) is 43.0 Å².